The van der Waals surface area contributed by atoms with Crippen molar-refractivity contribution in [1.82, 2.24) is 9.55 Å². The molecule has 2 atom stereocenters. The minimum atomic E-state index is -0.345. The van der Waals surface area contributed by atoms with Crippen molar-refractivity contribution in [2.45, 2.75) is 18.9 Å². The minimum Gasteiger partial charge on any atom is -0.493 e. The first kappa shape index (κ1) is 23.0. The summed E-state index contributed by atoms with van der Waals surface area (Å²) >= 11 is 0. The fraction of sp³-hybridized carbons (Fsp3) is 0.269. The molecule has 2 bridgehead atoms. The van der Waals surface area contributed by atoms with Gasteiger partial charge in [-0.1, -0.05) is 18.2 Å². The quantitative estimate of drug-likeness (QED) is 0.457. The van der Waals surface area contributed by atoms with Crippen molar-refractivity contribution in [2.75, 3.05) is 30.4 Å². The summed E-state index contributed by atoms with van der Waals surface area (Å²) in [7, 11) is 1.57. The van der Waals surface area contributed by atoms with Crippen LogP contribution < -0.4 is 20.5 Å². The van der Waals surface area contributed by atoms with Gasteiger partial charge in [0, 0.05) is 42.7 Å². The predicted molar refractivity (Wildman–Crippen MR) is 136 cm³/mol. The number of para-hydroxylation sites is 1. The molecule has 2 aliphatic rings. The number of anilines is 2. The smallest absolute Gasteiger partial charge is 0.291 e. The third-order valence-electron chi connectivity index (χ3n) is 6.76. The SMILES string of the molecule is COc1cccc2cc(C(=O)Nc3ccc(N4C[C@H]5C[C@@H](C4)c4cccc(=O)n4C5)nc3)oc12.Cl. The number of methoxy groups -OCH3 is 1. The Balaban J connectivity index is 0.00000253. The molecule has 0 aliphatic carbocycles. The van der Waals surface area contributed by atoms with Gasteiger partial charge in [0.15, 0.2) is 17.1 Å². The second kappa shape index (κ2) is 9.11. The Labute approximate surface area is 207 Å². The standard InChI is InChI=1S/C26H24N4O4.ClH/c1-33-21-6-2-4-17-11-22(34-25(17)21)26(32)28-19-8-9-23(27-12-19)29-13-16-10-18(15-29)20-5-3-7-24(31)30(20)14-16;/h2-9,11-12,16,18H,10,13-15H2,1H3,(H,28,32);1H/t16-,18+;/m1./s1. The average molecular weight is 493 g/mol. The van der Waals surface area contributed by atoms with Crippen LogP contribution in [-0.2, 0) is 6.54 Å². The predicted octanol–water partition coefficient (Wildman–Crippen LogP) is 4.30. The summed E-state index contributed by atoms with van der Waals surface area (Å²) in [4.78, 5) is 31.9. The van der Waals surface area contributed by atoms with E-state index in [4.69, 9.17) is 9.15 Å². The Bertz CT molecular complexity index is 1450. The first-order valence-corrected chi connectivity index (χ1v) is 11.4. The molecule has 0 radical (unpaired) electrons. The summed E-state index contributed by atoms with van der Waals surface area (Å²) < 4.78 is 13.0. The zero-order valence-electron chi connectivity index (χ0n) is 19.1. The fourth-order valence-corrected chi connectivity index (χ4v) is 5.23. The van der Waals surface area contributed by atoms with Crippen LogP contribution in [0.4, 0.5) is 11.5 Å². The molecule has 2 aliphatic heterocycles. The molecule has 0 unspecified atom stereocenters. The number of pyridine rings is 2. The summed E-state index contributed by atoms with van der Waals surface area (Å²) in [6, 6.07) is 16.5. The van der Waals surface area contributed by atoms with E-state index >= 15 is 0 Å². The Morgan fingerprint density at radius 1 is 1.11 bits per heavy atom. The molecular weight excluding hydrogens is 468 g/mol. The van der Waals surface area contributed by atoms with Gasteiger partial charge in [-0.3, -0.25) is 9.59 Å². The number of nitrogens with one attached hydrogen (secondary N) is 1. The molecule has 8 nitrogen and oxygen atoms in total. The number of benzene rings is 1. The van der Waals surface area contributed by atoms with Gasteiger partial charge in [-0.2, -0.15) is 0 Å². The number of amides is 1. The van der Waals surface area contributed by atoms with E-state index in [1.807, 2.05) is 34.9 Å². The van der Waals surface area contributed by atoms with Crippen LogP contribution in [0, 0.1) is 5.92 Å². The van der Waals surface area contributed by atoms with Crippen LogP contribution in [0.3, 0.4) is 0 Å². The molecule has 180 valence electrons. The maximum Gasteiger partial charge on any atom is 0.291 e. The van der Waals surface area contributed by atoms with E-state index in [0.29, 0.717) is 28.9 Å². The topological polar surface area (TPSA) is 89.6 Å². The number of halogens is 1. The number of hydrogen-bond acceptors (Lipinski definition) is 6. The summed E-state index contributed by atoms with van der Waals surface area (Å²) in [5.74, 6) is 2.04. The molecule has 1 saturated heterocycles. The number of hydrogen-bond donors (Lipinski definition) is 1. The summed E-state index contributed by atoms with van der Waals surface area (Å²) in [6.07, 6.45) is 2.76. The molecule has 4 aromatic rings. The van der Waals surface area contributed by atoms with E-state index in [1.54, 1.807) is 31.5 Å². The monoisotopic (exact) mass is 492 g/mol. The second-order valence-corrected chi connectivity index (χ2v) is 8.95. The third-order valence-corrected chi connectivity index (χ3v) is 6.76. The van der Waals surface area contributed by atoms with Gasteiger partial charge in [0.1, 0.15) is 5.82 Å². The normalized spacial score (nSPS) is 18.5. The Morgan fingerprint density at radius 2 is 1.97 bits per heavy atom. The number of rotatable bonds is 4. The molecule has 0 spiro atoms. The Hall–Kier alpha value is -3.78. The van der Waals surface area contributed by atoms with Gasteiger partial charge < -0.3 is 23.9 Å². The molecule has 35 heavy (non-hydrogen) atoms. The zero-order chi connectivity index (χ0) is 23.2. The van der Waals surface area contributed by atoms with Crippen molar-refractivity contribution in [3.63, 3.8) is 0 Å². The fourth-order valence-electron chi connectivity index (χ4n) is 5.23. The van der Waals surface area contributed by atoms with Crippen molar-refractivity contribution in [1.29, 1.82) is 0 Å². The van der Waals surface area contributed by atoms with E-state index in [9.17, 15) is 9.59 Å². The number of nitrogens with zero attached hydrogens (tertiary/aromatic N) is 3. The van der Waals surface area contributed by atoms with Crippen molar-refractivity contribution < 1.29 is 13.9 Å². The Morgan fingerprint density at radius 3 is 2.77 bits per heavy atom. The lowest BCUT2D eigenvalue weighted by Crippen LogP contribution is -2.47. The number of ether oxygens (including phenoxy) is 1. The maximum atomic E-state index is 12.7. The van der Waals surface area contributed by atoms with Gasteiger partial charge in [0.05, 0.1) is 19.0 Å². The van der Waals surface area contributed by atoms with Gasteiger partial charge in [-0.15, -0.1) is 12.4 Å². The third kappa shape index (κ3) is 4.14. The van der Waals surface area contributed by atoms with Crippen molar-refractivity contribution in [3.8, 4) is 5.75 Å². The van der Waals surface area contributed by atoms with Crippen LogP contribution in [0.15, 0.2) is 70.0 Å². The van der Waals surface area contributed by atoms with Gasteiger partial charge in [0.25, 0.3) is 11.5 Å². The number of carbonyl (C=O) groups excluding carboxylic acids is 1. The van der Waals surface area contributed by atoms with Crippen LogP contribution in [0.5, 0.6) is 5.75 Å². The van der Waals surface area contributed by atoms with Gasteiger partial charge in [0.2, 0.25) is 0 Å². The molecule has 9 heteroatoms. The van der Waals surface area contributed by atoms with Crippen LogP contribution in [0.1, 0.15) is 28.6 Å². The second-order valence-electron chi connectivity index (χ2n) is 8.95. The molecule has 1 aromatic carbocycles. The van der Waals surface area contributed by atoms with Crippen molar-refractivity contribution in [3.05, 3.63) is 82.6 Å². The largest absolute Gasteiger partial charge is 0.493 e. The summed E-state index contributed by atoms with van der Waals surface area (Å²) in [6.45, 7) is 2.43. The lowest BCUT2D eigenvalue weighted by atomic mass is 9.83. The zero-order valence-corrected chi connectivity index (χ0v) is 20.0. The molecule has 3 aromatic heterocycles. The van der Waals surface area contributed by atoms with Crippen LogP contribution in [0.25, 0.3) is 11.0 Å². The number of furan rings is 1. The van der Waals surface area contributed by atoms with Gasteiger partial charge in [-0.25, -0.2) is 4.98 Å². The number of piperidine rings is 1. The summed E-state index contributed by atoms with van der Waals surface area (Å²) in [5.41, 5.74) is 2.33. The Kier molecular flexibility index (Phi) is 5.98. The number of carbonyl (C=O) groups is 1. The van der Waals surface area contributed by atoms with Crippen LogP contribution in [-0.4, -0.2) is 35.7 Å². The van der Waals surface area contributed by atoms with E-state index in [0.717, 1.165) is 43.0 Å². The first-order chi connectivity index (χ1) is 16.6. The molecule has 1 amide bonds. The highest BCUT2D eigenvalue weighted by Crippen LogP contribution is 2.36. The van der Waals surface area contributed by atoms with Crippen LogP contribution in [0.2, 0.25) is 0 Å². The lowest BCUT2D eigenvalue weighted by molar-refractivity contribution is 0.0998. The van der Waals surface area contributed by atoms with Crippen LogP contribution >= 0.6 is 12.4 Å². The molecule has 1 N–H and O–H groups in total. The molecule has 5 heterocycles. The number of aromatic nitrogens is 2. The highest BCUT2D eigenvalue weighted by atomic mass is 35.5. The highest BCUT2D eigenvalue weighted by molar-refractivity contribution is 6.05. The molecular formula is C26H25ClN4O4. The van der Waals surface area contributed by atoms with Crippen molar-refractivity contribution in [2.24, 2.45) is 5.92 Å². The average Bonchev–Trinajstić information content (AvgIpc) is 3.30. The van der Waals surface area contributed by atoms with Gasteiger partial charge >= 0.3 is 0 Å². The summed E-state index contributed by atoms with van der Waals surface area (Å²) in [5, 5.41) is 3.66. The van der Waals surface area contributed by atoms with E-state index < -0.39 is 0 Å². The van der Waals surface area contributed by atoms with E-state index in [1.165, 1.54) is 0 Å². The molecule has 6 rings (SSSR count). The van der Waals surface area contributed by atoms with E-state index in [2.05, 4.69) is 21.3 Å². The lowest BCUT2D eigenvalue weighted by Gasteiger charge is -2.43. The number of fused-ring (bicyclic) bond motifs is 5. The minimum absolute atomic E-state index is 0. The van der Waals surface area contributed by atoms with Gasteiger partial charge in [-0.05, 0) is 42.7 Å². The molecule has 1 fully saturated rings. The van der Waals surface area contributed by atoms with Crippen molar-refractivity contribution >= 4 is 40.8 Å². The molecule has 0 saturated carbocycles. The first-order valence-electron chi connectivity index (χ1n) is 11.4. The maximum absolute atomic E-state index is 12.7. The highest BCUT2D eigenvalue weighted by Gasteiger charge is 2.34. The van der Waals surface area contributed by atoms with E-state index in [-0.39, 0.29) is 29.6 Å².